The monoisotopic (exact) mass is 239 g/mol. The third kappa shape index (κ3) is 3.35. The summed E-state index contributed by atoms with van der Waals surface area (Å²) in [6, 6.07) is 0.797. The Kier molecular flexibility index (Phi) is 4.66. The van der Waals surface area contributed by atoms with E-state index in [0.29, 0.717) is 11.8 Å². The predicted molar refractivity (Wildman–Crippen MR) is 69.2 cm³/mol. The quantitative estimate of drug-likeness (QED) is 0.255. The summed E-state index contributed by atoms with van der Waals surface area (Å²) in [6.07, 6.45) is 10.4. The smallest absolute Gasteiger partial charge is 0.142 e. The van der Waals surface area contributed by atoms with E-state index >= 15 is 0 Å². The molecule has 2 aliphatic rings. The van der Waals surface area contributed by atoms with Gasteiger partial charge in [-0.3, -0.25) is 0 Å². The predicted octanol–water partition coefficient (Wildman–Crippen LogP) is 2.17. The fraction of sp³-hybridized carbons (Fsp3) is 0.923. The van der Waals surface area contributed by atoms with Crippen LogP contribution in [-0.4, -0.2) is 35.1 Å². The summed E-state index contributed by atoms with van der Waals surface area (Å²) in [6.45, 7) is 2.23. The van der Waals surface area contributed by atoms with Gasteiger partial charge in [0.05, 0.1) is 0 Å². The van der Waals surface area contributed by atoms with Gasteiger partial charge in [0.2, 0.25) is 0 Å². The Bertz CT molecular complexity index is 251. The largest absolute Gasteiger partial charge is 0.409 e. The Morgan fingerprint density at radius 3 is 2.12 bits per heavy atom. The fourth-order valence-electron chi connectivity index (χ4n) is 3.26. The van der Waals surface area contributed by atoms with Crippen molar-refractivity contribution in [3.63, 3.8) is 0 Å². The molecule has 98 valence electrons. The molecule has 17 heavy (non-hydrogen) atoms. The first-order chi connectivity index (χ1) is 8.31. The van der Waals surface area contributed by atoms with Crippen molar-refractivity contribution in [2.24, 2.45) is 16.8 Å². The van der Waals surface area contributed by atoms with E-state index in [4.69, 9.17) is 10.9 Å². The number of hydrogen-bond acceptors (Lipinski definition) is 3. The van der Waals surface area contributed by atoms with E-state index in [1.165, 1.54) is 38.5 Å². The highest BCUT2D eigenvalue weighted by Gasteiger charge is 2.27. The number of oxime groups is 1. The Balaban J connectivity index is 1.81. The van der Waals surface area contributed by atoms with Crippen molar-refractivity contribution in [1.82, 2.24) is 4.90 Å². The molecule has 0 aromatic heterocycles. The second kappa shape index (κ2) is 6.24. The number of nitrogens with zero attached hydrogens (tertiary/aromatic N) is 2. The van der Waals surface area contributed by atoms with Crippen LogP contribution in [-0.2, 0) is 0 Å². The van der Waals surface area contributed by atoms with Crippen molar-refractivity contribution in [2.45, 2.75) is 57.4 Å². The molecule has 0 spiro atoms. The van der Waals surface area contributed by atoms with E-state index < -0.39 is 0 Å². The van der Waals surface area contributed by atoms with Gasteiger partial charge in [-0.25, -0.2) is 0 Å². The number of nitrogens with two attached hydrogens (primary N) is 1. The van der Waals surface area contributed by atoms with E-state index in [1.54, 1.807) is 0 Å². The molecule has 1 aliphatic heterocycles. The van der Waals surface area contributed by atoms with Gasteiger partial charge < -0.3 is 15.8 Å². The maximum absolute atomic E-state index is 8.69. The van der Waals surface area contributed by atoms with Crippen LogP contribution >= 0.6 is 0 Å². The molecular formula is C13H25N3O. The van der Waals surface area contributed by atoms with Gasteiger partial charge in [-0.2, -0.15) is 0 Å². The summed E-state index contributed by atoms with van der Waals surface area (Å²) in [7, 11) is 0. The second-order valence-corrected chi connectivity index (χ2v) is 5.48. The highest BCUT2D eigenvalue weighted by Crippen LogP contribution is 2.26. The van der Waals surface area contributed by atoms with Crippen LogP contribution in [0.25, 0.3) is 0 Å². The van der Waals surface area contributed by atoms with Gasteiger partial charge in [0, 0.05) is 12.0 Å². The van der Waals surface area contributed by atoms with Gasteiger partial charge in [0.25, 0.3) is 0 Å². The van der Waals surface area contributed by atoms with Crippen LogP contribution in [0.2, 0.25) is 0 Å². The normalized spacial score (nSPS) is 26.9. The number of hydrogen-bond donors (Lipinski definition) is 2. The lowest BCUT2D eigenvalue weighted by atomic mass is 9.93. The molecule has 0 bridgehead atoms. The van der Waals surface area contributed by atoms with E-state index in [9.17, 15) is 0 Å². The topological polar surface area (TPSA) is 61.9 Å². The standard InChI is InChI=1S/C13H25N3O/c14-13(15-17)11-7-9-16(10-8-11)12-5-3-1-2-4-6-12/h11-12,17H,1-10H2,(H2,14,15). The first-order valence-electron chi connectivity index (χ1n) is 7.02. The summed E-state index contributed by atoms with van der Waals surface area (Å²) >= 11 is 0. The van der Waals surface area contributed by atoms with Crippen LogP contribution in [0.3, 0.4) is 0 Å². The fourth-order valence-corrected chi connectivity index (χ4v) is 3.26. The number of likely N-dealkylation sites (tertiary alicyclic amines) is 1. The maximum atomic E-state index is 8.69. The molecule has 1 saturated carbocycles. The van der Waals surface area contributed by atoms with E-state index in [-0.39, 0.29) is 0 Å². The molecule has 0 amide bonds. The zero-order valence-corrected chi connectivity index (χ0v) is 10.6. The lowest BCUT2D eigenvalue weighted by molar-refractivity contribution is 0.135. The van der Waals surface area contributed by atoms with Gasteiger partial charge in [-0.1, -0.05) is 30.8 Å². The molecule has 0 radical (unpaired) electrons. The first kappa shape index (κ1) is 12.7. The third-order valence-corrected chi connectivity index (χ3v) is 4.40. The average Bonchev–Trinajstić information content (AvgIpc) is 2.67. The minimum absolute atomic E-state index is 0.294. The molecular weight excluding hydrogens is 214 g/mol. The molecule has 0 aromatic carbocycles. The van der Waals surface area contributed by atoms with Crippen molar-refractivity contribution in [2.75, 3.05) is 13.1 Å². The summed E-state index contributed by atoms with van der Waals surface area (Å²) in [5, 5.41) is 11.8. The lowest BCUT2D eigenvalue weighted by Gasteiger charge is -2.37. The molecule has 4 heteroatoms. The van der Waals surface area contributed by atoms with Gasteiger partial charge in [-0.05, 0) is 38.8 Å². The molecule has 4 nitrogen and oxygen atoms in total. The SMILES string of the molecule is NC(=NO)C1CCN(C2CCCCCC2)CC1. The van der Waals surface area contributed by atoms with Gasteiger partial charge in [0.1, 0.15) is 5.84 Å². The zero-order valence-electron chi connectivity index (χ0n) is 10.6. The Labute approximate surface area is 104 Å². The lowest BCUT2D eigenvalue weighted by Crippen LogP contribution is -2.43. The maximum Gasteiger partial charge on any atom is 0.142 e. The highest BCUT2D eigenvalue weighted by molar-refractivity contribution is 5.82. The molecule has 1 aliphatic carbocycles. The van der Waals surface area contributed by atoms with Crippen LogP contribution in [0.4, 0.5) is 0 Å². The highest BCUT2D eigenvalue weighted by atomic mass is 16.4. The first-order valence-corrected chi connectivity index (χ1v) is 7.02. The van der Waals surface area contributed by atoms with Crippen molar-refractivity contribution >= 4 is 5.84 Å². The molecule has 2 fully saturated rings. The van der Waals surface area contributed by atoms with Crippen molar-refractivity contribution in [3.05, 3.63) is 0 Å². The summed E-state index contributed by atoms with van der Waals surface area (Å²) in [4.78, 5) is 2.63. The molecule has 0 atom stereocenters. The molecule has 1 heterocycles. The summed E-state index contributed by atoms with van der Waals surface area (Å²) < 4.78 is 0. The third-order valence-electron chi connectivity index (χ3n) is 4.40. The van der Waals surface area contributed by atoms with Gasteiger partial charge in [-0.15, -0.1) is 0 Å². The van der Waals surface area contributed by atoms with E-state index in [2.05, 4.69) is 10.1 Å². The van der Waals surface area contributed by atoms with Crippen molar-refractivity contribution in [1.29, 1.82) is 0 Å². The zero-order chi connectivity index (χ0) is 12.1. The van der Waals surface area contributed by atoms with Gasteiger partial charge >= 0.3 is 0 Å². The summed E-state index contributed by atoms with van der Waals surface area (Å²) in [5.74, 6) is 0.715. The van der Waals surface area contributed by atoms with Crippen LogP contribution in [0, 0.1) is 5.92 Å². The number of rotatable bonds is 2. The number of amidine groups is 1. The molecule has 2 rings (SSSR count). The van der Waals surface area contributed by atoms with Gasteiger partial charge in [0.15, 0.2) is 0 Å². The number of piperidine rings is 1. The van der Waals surface area contributed by atoms with Crippen LogP contribution in [0.1, 0.15) is 51.4 Å². The second-order valence-electron chi connectivity index (χ2n) is 5.48. The molecule has 1 saturated heterocycles. The molecule has 0 unspecified atom stereocenters. The Hall–Kier alpha value is -0.770. The molecule has 3 N–H and O–H groups in total. The minimum atomic E-state index is 0.294. The van der Waals surface area contributed by atoms with E-state index in [0.717, 1.165) is 32.0 Å². The van der Waals surface area contributed by atoms with E-state index in [1.807, 2.05) is 0 Å². The average molecular weight is 239 g/mol. The van der Waals surface area contributed by atoms with Crippen molar-refractivity contribution < 1.29 is 5.21 Å². The van der Waals surface area contributed by atoms with Crippen LogP contribution in [0.5, 0.6) is 0 Å². The summed E-state index contributed by atoms with van der Waals surface area (Å²) in [5.41, 5.74) is 5.68. The van der Waals surface area contributed by atoms with Crippen LogP contribution < -0.4 is 5.73 Å². The minimum Gasteiger partial charge on any atom is -0.409 e. The molecule has 0 aromatic rings. The van der Waals surface area contributed by atoms with Crippen LogP contribution in [0.15, 0.2) is 5.16 Å². The van der Waals surface area contributed by atoms with Crippen molar-refractivity contribution in [3.8, 4) is 0 Å². The Morgan fingerprint density at radius 1 is 1.00 bits per heavy atom. The Morgan fingerprint density at radius 2 is 1.59 bits per heavy atom.